The van der Waals surface area contributed by atoms with Gasteiger partial charge in [0.15, 0.2) is 6.61 Å². The van der Waals surface area contributed by atoms with E-state index in [4.69, 9.17) is 16.3 Å². The van der Waals surface area contributed by atoms with E-state index in [1.165, 1.54) is 12.1 Å². The summed E-state index contributed by atoms with van der Waals surface area (Å²) < 4.78 is 31.6. The molecule has 1 heterocycles. The second kappa shape index (κ2) is 5.36. The number of amides is 1. The topological polar surface area (TPSA) is 84.5 Å². The zero-order valence-corrected chi connectivity index (χ0v) is 11.8. The van der Waals surface area contributed by atoms with Crippen molar-refractivity contribution in [2.24, 2.45) is 0 Å². The number of hydrogen-bond acceptors (Lipinski definition) is 4. The molecule has 19 heavy (non-hydrogen) atoms. The fourth-order valence-electron chi connectivity index (χ4n) is 1.60. The molecule has 0 radical (unpaired) electrons. The van der Waals surface area contributed by atoms with Crippen molar-refractivity contribution in [1.82, 2.24) is 4.72 Å². The minimum absolute atomic E-state index is 0.0353. The molecule has 0 unspecified atom stereocenters. The zero-order chi connectivity index (χ0) is 14.0. The highest BCUT2D eigenvalue weighted by Gasteiger charge is 2.23. The third kappa shape index (κ3) is 2.99. The molecule has 1 aromatic rings. The normalized spacial score (nSPS) is 14.5. The van der Waals surface area contributed by atoms with E-state index in [1.54, 1.807) is 0 Å². The van der Waals surface area contributed by atoms with Crippen LogP contribution >= 0.6 is 11.6 Å². The highest BCUT2D eigenvalue weighted by molar-refractivity contribution is 7.89. The molecule has 2 rings (SSSR count). The number of benzene rings is 1. The zero-order valence-electron chi connectivity index (χ0n) is 10.2. The molecule has 1 aliphatic heterocycles. The van der Waals surface area contributed by atoms with Crippen LogP contribution in [0.1, 0.15) is 13.3 Å². The summed E-state index contributed by atoms with van der Waals surface area (Å²) in [5.41, 5.74) is 0.371. The molecule has 1 aromatic carbocycles. The van der Waals surface area contributed by atoms with Crippen LogP contribution in [0.15, 0.2) is 17.0 Å². The van der Waals surface area contributed by atoms with Gasteiger partial charge in [0.25, 0.3) is 5.91 Å². The number of carbonyl (C=O) groups excluding carboxylic acids is 1. The minimum atomic E-state index is -3.67. The number of fused-ring (bicyclic) bond motifs is 1. The highest BCUT2D eigenvalue weighted by Crippen LogP contribution is 2.35. The van der Waals surface area contributed by atoms with Crippen LogP contribution in [0.25, 0.3) is 0 Å². The summed E-state index contributed by atoms with van der Waals surface area (Å²) in [6.45, 7) is 2.04. The fourth-order valence-corrected chi connectivity index (χ4v) is 3.28. The molecule has 1 amide bonds. The molecular formula is C11H13ClN2O4S. The van der Waals surface area contributed by atoms with E-state index in [1.807, 2.05) is 6.92 Å². The average molecular weight is 305 g/mol. The Labute approximate surface area is 116 Å². The van der Waals surface area contributed by atoms with Crippen molar-refractivity contribution in [2.45, 2.75) is 18.2 Å². The first kappa shape index (κ1) is 14.1. The lowest BCUT2D eigenvalue weighted by Gasteiger charge is -2.19. The number of rotatable bonds is 4. The predicted molar refractivity (Wildman–Crippen MR) is 71.1 cm³/mol. The van der Waals surface area contributed by atoms with E-state index in [-0.39, 0.29) is 22.4 Å². The van der Waals surface area contributed by atoms with Gasteiger partial charge in [0.2, 0.25) is 10.0 Å². The number of anilines is 1. The molecule has 0 saturated carbocycles. The predicted octanol–water partition coefficient (Wildman–Crippen LogP) is 1.36. The van der Waals surface area contributed by atoms with Crippen molar-refractivity contribution in [3.8, 4) is 5.75 Å². The summed E-state index contributed by atoms with van der Waals surface area (Å²) in [6.07, 6.45) is 0.675. The smallest absolute Gasteiger partial charge is 0.262 e. The van der Waals surface area contributed by atoms with Crippen molar-refractivity contribution in [2.75, 3.05) is 18.5 Å². The second-order valence-electron chi connectivity index (χ2n) is 4.01. The second-order valence-corrected chi connectivity index (χ2v) is 6.16. The Kier molecular flexibility index (Phi) is 3.98. The van der Waals surface area contributed by atoms with Gasteiger partial charge >= 0.3 is 0 Å². The Bertz CT molecular complexity index is 615. The van der Waals surface area contributed by atoms with Crippen LogP contribution in [0.5, 0.6) is 5.75 Å². The molecule has 0 atom stereocenters. The number of carbonyl (C=O) groups is 1. The first-order valence-corrected chi connectivity index (χ1v) is 7.56. The van der Waals surface area contributed by atoms with Gasteiger partial charge in [-0.3, -0.25) is 4.79 Å². The fraction of sp³-hybridized carbons (Fsp3) is 0.364. The van der Waals surface area contributed by atoms with Crippen molar-refractivity contribution in [3.05, 3.63) is 17.2 Å². The largest absolute Gasteiger partial charge is 0.482 e. The third-order valence-corrected chi connectivity index (χ3v) is 4.42. The molecule has 1 aliphatic rings. The maximum Gasteiger partial charge on any atom is 0.262 e. The van der Waals surface area contributed by atoms with Crippen molar-refractivity contribution >= 4 is 33.2 Å². The van der Waals surface area contributed by atoms with E-state index in [0.717, 1.165) is 0 Å². The summed E-state index contributed by atoms with van der Waals surface area (Å²) in [7, 11) is -3.67. The third-order valence-electron chi connectivity index (χ3n) is 2.50. The first-order chi connectivity index (χ1) is 8.94. The number of halogens is 1. The Morgan fingerprint density at radius 1 is 1.47 bits per heavy atom. The van der Waals surface area contributed by atoms with Gasteiger partial charge in [-0.1, -0.05) is 18.5 Å². The first-order valence-electron chi connectivity index (χ1n) is 5.70. The average Bonchev–Trinajstić information content (AvgIpc) is 2.35. The van der Waals surface area contributed by atoms with Gasteiger partial charge in [-0.15, -0.1) is 0 Å². The molecule has 104 valence electrons. The summed E-state index contributed by atoms with van der Waals surface area (Å²) in [4.78, 5) is 11.1. The van der Waals surface area contributed by atoms with Crippen LogP contribution in [-0.2, 0) is 14.8 Å². The lowest BCUT2D eigenvalue weighted by Crippen LogP contribution is -2.27. The molecule has 0 aromatic heterocycles. The van der Waals surface area contributed by atoms with Gasteiger partial charge in [-0.05, 0) is 12.5 Å². The molecule has 0 bridgehead atoms. The van der Waals surface area contributed by atoms with Crippen LogP contribution in [-0.4, -0.2) is 27.5 Å². The van der Waals surface area contributed by atoms with Gasteiger partial charge < -0.3 is 10.1 Å². The van der Waals surface area contributed by atoms with Crippen LogP contribution in [0.2, 0.25) is 5.02 Å². The summed E-state index contributed by atoms with van der Waals surface area (Å²) in [5, 5.41) is 2.59. The van der Waals surface area contributed by atoms with E-state index in [9.17, 15) is 13.2 Å². The summed E-state index contributed by atoms with van der Waals surface area (Å²) >= 11 is 5.95. The SMILES string of the molecule is CCCNS(=O)(=O)c1cc2c(cc1Cl)NC(=O)CO2. The number of ether oxygens (including phenoxy) is 1. The van der Waals surface area contributed by atoms with Crippen LogP contribution < -0.4 is 14.8 Å². The van der Waals surface area contributed by atoms with Gasteiger partial charge in [-0.25, -0.2) is 13.1 Å². The van der Waals surface area contributed by atoms with E-state index in [2.05, 4.69) is 10.0 Å². The van der Waals surface area contributed by atoms with Gasteiger partial charge in [-0.2, -0.15) is 0 Å². The number of nitrogens with one attached hydrogen (secondary N) is 2. The van der Waals surface area contributed by atoms with Crippen molar-refractivity contribution in [3.63, 3.8) is 0 Å². The molecule has 0 saturated heterocycles. The van der Waals surface area contributed by atoms with E-state index < -0.39 is 10.0 Å². The molecule has 0 fully saturated rings. The van der Waals surface area contributed by atoms with Crippen LogP contribution in [0.4, 0.5) is 5.69 Å². The van der Waals surface area contributed by atoms with Crippen molar-refractivity contribution in [1.29, 1.82) is 0 Å². The van der Waals surface area contributed by atoms with E-state index >= 15 is 0 Å². The Morgan fingerprint density at radius 3 is 2.89 bits per heavy atom. The Morgan fingerprint density at radius 2 is 2.21 bits per heavy atom. The lowest BCUT2D eigenvalue weighted by atomic mass is 10.2. The van der Waals surface area contributed by atoms with Crippen LogP contribution in [0.3, 0.4) is 0 Å². The molecular weight excluding hydrogens is 292 g/mol. The van der Waals surface area contributed by atoms with Crippen LogP contribution in [0, 0.1) is 0 Å². The van der Waals surface area contributed by atoms with E-state index in [0.29, 0.717) is 24.4 Å². The van der Waals surface area contributed by atoms with Gasteiger partial charge in [0.05, 0.1) is 10.7 Å². The quantitative estimate of drug-likeness (QED) is 0.879. The van der Waals surface area contributed by atoms with Gasteiger partial charge in [0.1, 0.15) is 10.6 Å². The monoisotopic (exact) mass is 304 g/mol. The standard InChI is InChI=1S/C11H13ClN2O4S/c1-2-3-13-19(16,17)10-5-9-8(4-7(10)12)14-11(15)6-18-9/h4-5,13H,2-3,6H2,1H3,(H,14,15). The maximum absolute atomic E-state index is 12.0. The maximum atomic E-state index is 12.0. The Balaban J connectivity index is 2.40. The molecule has 0 spiro atoms. The Hall–Kier alpha value is -1.31. The lowest BCUT2D eigenvalue weighted by molar-refractivity contribution is -0.118. The number of sulfonamides is 1. The molecule has 6 nitrogen and oxygen atoms in total. The highest BCUT2D eigenvalue weighted by atomic mass is 35.5. The molecule has 8 heteroatoms. The van der Waals surface area contributed by atoms with Gasteiger partial charge in [0, 0.05) is 12.6 Å². The molecule has 2 N–H and O–H groups in total. The molecule has 0 aliphatic carbocycles. The van der Waals surface area contributed by atoms with Crippen molar-refractivity contribution < 1.29 is 17.9 Å². The minimum Gasteiger partial charge on any atom is -0.482 e. The number of hydrogen-bond donors (Lipinski definition) is 2. The summed E-state index contributed by atoms with van der Waals surface area (Å²) in [6, 6.07) is 2.68. The summed E-state index contributed by atoms with van der Waals surface area (Å²) in [5.74, 6) is -0.0100.